The Labute approximate surface area is 165 Å². The van der Waals surface area contributed by atoms with Crippen molar-refractivity contribution in [2.75, 3.05) is 0 Å². The monoisotopic (exact) mass is 369 g/mol. The molecule has 4 heteroatoms. The van der Waals surface area contributed by atoms with Crippen LogP contribution in [0, 0.1) is 6.92 Å². The first-order valence-electron chi connectivity index (χ1n) is 9.49. The molecular formula is C24H23N3O. The molecule has 4 rings (SSSR count). The molecule has 4 aromatic rings. The number of nitrogens with one attached hydrogen (secondary N) is 1. The molecule has 1 unspecified atom stereocenters. The quantitative estimate of drug-likeness (QED) is 0.491. The summed E-state index contributed by atoms with van der Waals surface area (Å²) in [5, 5.41) is 12.0. The second kappa shape index (κ2) is 8.63. The second-order valence-electron chi connectivity index (χ2n) is 6.90. The Morgan fingerprint density at radius 3 is 2.36 bits per heavy atom. The van der Waals surface area contributed by atoms with E-state index in [0.717, 1.165) is 12.0 Å². The van der Waals surface area contributed by atoms with Crippen LogP contribution in [0.3, 0.4) is 0 Å². The number of hydrogen-bond acceptors (Lipinski definition) is 4. The van der Waals surface area contributed by atoms with Gasteiger partial charge < -0.3 is 9.73 Å². The summed E-state index contributed by atoms with van der Waals surface area (Å²) < 4.78 is 5.88. The Morgan fingerprint density at radius 2 is 1.61 bits per heavy atom. The van der Waals surface area contributed by atoms with Gasteiger partial charge in [-0.25, -0.2) is 0 Å². The van der Waals surface area contributed by atoms with Crippen LogP contribution in [0.1, 0.15) is 28.6 Å². The van der Waals surface area contributed by atoms with Gasteiger partial charge in [0, 0.05) is 11.6 Å². The van der Waals surface area contributed by atoms with E-state index in [1.807, 2.05) is 30.3 Å². The topological polar surface area (TPSA) is 51.0 Å². The molecule has 1 aromatic heterocycles. The normalized spacial score (nSPS) is 12.0. The molecule has 140 valence electrons. The summed E-state index contributed by atoms with van der Waals surface area (Å²) in [6.45, 7) is 2.57. The van der Waals surface area contributed by atoms with Gasteiger partial charge in [-0.1, -0.05) is 78.4 Å². The van der Waals surface area contributed by atoms with Crippen molar-refractivity contribution in [3.05, 3.63) is 108 Å². The van der Waals surface area contributed by atoms with E-state index >= 15 is 0 Å². The van der Waals surface area contributed by atoms with Crippen molar-refractivity contribution < 1.29 is 4.42 Å². The van der Waals surface area contributed by atoms with Crippen LogP contribution in [0.5, 0.6) is 0 Å². The molecule has 0 aliphatic heterocycles. The van der Waals surface area contributed by atoms with Gasteiger partial charge in [-0.3, -0.25) is 0 Å². The van der Waals surface area contributed by atoms with Crippen molar-refractivity contribution >= 4 is 0 Å². The Morgan fingerprint density at radius 1 is 0.857 bits per heavy atom. The molecule has 0 fully saturated rings. The lowest BCUT2D eigenvalue weighted by molar-refractivity contribution is 0.441. The lowest BCUT2D eigenvalue weighted by atomic mass is 9.99. The smallest absolute Gasteiger partial charge is 0.247 e. The van der Waals surface area contributed by atoms with E-state index in [9.17, 15) is 0 Å². The van der Waals surface area contributed by atoms with Crippen molar-refractivity contribution in [3.8, 4) is 11.5 Å². The van der Waals surface area contributed by atoms with Crippen LogP contribution in [0.4, 0.5) is 0 Å². The zero-order valence-electron chi connectivity index (χ0n) is 15.9. The third kappa shape index (κ3) is 4.53. The lowest BCUT2D eigenvalue weighted by Crippen LogP contribution is -2.23. The van der Waals surface area contributed by atoms with Gasteiger partial charge in [0.15, 0.2) is 0 Å². The van der Waals surface area contributed by atoms with Gasteiger partial charge in [-0.05, 0) is 36.6 Å². The third-order valence-electron chi connectivity index (χ3n) is 4.72. The maximum absolute atomic E-state index is 5.88. The fraction of sp³-hybridized carbons (Fsp3) is 0.167. The van der Waals surface area contributed by atoms with Crippen molar-refractivity contribution in [3.63, 3.8) is 0 Å². The number of aryl methyl sites for hydroxylation is 1. The highest BCUT2D eigenvalue weighted by atomic mass is 16.4. The van der Waals surface area contributed by atoms with Crippen molar-refractivity contribution in [2.24, 2.45) is 0 Å². The molecule has 28 heavy (non-hydrogen) atoms. The molecule has 1 atom stereocenters. The van der Waals surface area contributed by atoms with Crippen LogP contribution >= 0.6 is 0 Å². The van der Waals surface area contributed by atoms with Crippen molar-refractivity contribution in [2.45, 2.75) is 25.9 Å². The van der Waals surface area contributed by atoms with E-state index in [1.54, 1.807) is 0 Å². The maximum Gasteiger partial charge on any atom is 0.247 e. The molecule has 0 aliphatic carbocycles. The summed E-state index contributed by atoms with van der Waals surface area (Å²) in [5.41, 5.74) is 4.64. The van der Waals surface area contributed by atoms with Crippen LogP contribution in [0.25, 0.3) is 11.5 Å². The van der Waals surface area contributed by atoms with Crippen LogP contribution < -0.4 is 5.32 Å². The van der Waals surface area contributed by atoms with Gasteiger partial charge in [0.05, 0.1) is 6.54 Å². The molecule has 4 nitrogen and oxygen atoms in total. The molecule has 0 saturated heterocycles. The SMILES string of the molecule is Cc1cccc(-c2nnc(CNC(Cc3ccccc3)c3ccccc3)o2)c1. The summed E-state index contributed by atoms with van der Waals surface area (Å²) in [7, 11) is 0. The van der Waals surface area contributed by atoms with Gasteiger partial charge in [0.25, 0.3) is 0 Å². The summed E-state index contributed by atoms with van der Waals surface area (Å²) in [6.07, 6.45) is 0.893. The molecule has 0 amide bonds. The van der Waals surface area contributed by atoms with Crippen molar-refractivity contribution in [1.82, 2.24) is 15.5 Å². The van der Waals surface area contributed by atoms with E-state index in [-0.39, 0.29) is 6.04 Å². The molecule has 0 radical (unpaired) electrons. The minimum atomic E-state index is 0.165. The van der Waals surface area contributed by atoms with E-state index < -0.39 is 0 Å². The number of benzene rings is 3. The fourth-order valence-electron chi connectivity index (χ4n) is 3.27. The van der Waals surface area contributed by atoms with Crippen LogP contribution in [-0.4, -0.2) is 10.2 Å². The first-order chi connectivity index (χ1) is 13.8. The molecule has 0 bridgehead atoms. The largest absolute Gasteiger partial charge is 0.419 e. The highest BCUT2D eigenvalue weighted by Crippen LogP contribution is 2.21. The molecule has 0 aliphatic rings. The van der Waals surface area contributed by atoms with Crippen LogP contribution in [-0.2, 0) is 13.0 Å². The number of aromatic nitrogens is 2. The number of rotatable bonds is 7. The zero-order valence-corrected chi connectivity index (χ0v) is 15.9. The van der Waals surface area contributed by atoms with Gasteiger partial charge in [-0.15, -0.1) is 10.2 Å². The maximum atomic E-state index is 5.88. The third-order valence-corrected chi connectivity index (χ3v) is 4.72. The van der Waals surface area contributed by atoms with E-state index in [2.05, 4.69) is 77.0 Å². The average molecular weight is 369 g/mol. The molecule has 3 aromatic carbocycles. The second-order valence-corrected chi connectivity index (χ2v) is 6.90. The van der Waals surface area contributed by atoms with E-state index in [1.165, 1.54) is 16.7 Å². The molecule has 0 spiro atoms. The Bertz CT molecular complexity index is 1010. The summed E-state index contributed by atoms with van der Waals surface area (Å²) in [5.74, 6) is 1.14. The summed E-state index contributed by atoms with van der Waals surface area (Å²) >= 11 is 0. The lowest BCUT2D eigenvalue weighted by Gasteiger charge is -2.18. The average Bonchev–Trinajstić information content (AvgIpc) is 3.22. The number of hydrogen-bond donors (Lipinski definition) is 1. The summed E-state index contributed by atoms with van der Waals surface area (Å²) in [4.78, 5) is 0. The predicted molar refractivity (Wildman–Crippen MR) is 111 cm³/mol. The molecule has 0 saturated carbocycles. The van der Waals surface area contributed by atoms with E-state index in [4.69, 9.17) is 4.42 Å². The Hall–Kier alpha value is -3.24. The first kappa shape index (κ1) is 18.1. The zero-order chi connectivity index (χ0) is 19.2. The minimum Gasteiger partial charge on any atom is -0.419 e. The van der Waals surface area contributed by atoms with Gasteiger partial charge in [0.1, 0.15) is 0 Å². The predicted octanol–water partition coefficient (Wildman–Crippen LogP) is 5.12. The molecule has 1 N–H and O–H groups in total. The fourth-order valence-corrected chi connectivity index (χ4v) is 3.27. The highest BCUT2D eigenvalue weighted by Gasteiger charge is 2.14. The summed E-state index contributed by atoms with van der Waals surface area (Å²) in [6, 6.07) is 29.2. The Balaban J connectivity index is 1.48. The van der Waals surface area contributed by atoms with Crippen LogP contribution in [0.15, 0.2) is 89.3 Å². The highest BCUT2D eigenvalue weighted by molar-refractivity contribution is 5.53. The van der Waals surface area contributed by atoms with Gasteiger partial charge in [0.2, 0.25) is 11.8 Å². The van der Waals surface area contributed by atoms with Crippen LogP contribution in [0.2, 0.25) is 0 Å². The minimum absolute atomic E-state index is 0.165. The van der Waals surface area contributed by atoms with E-state index in [0.29, 0.717) is 18.3 Å². The molecule has 1 heterocycles. The molecular weight excluding hydrogens is 346 g/mol. The van der Waals surface area contributed by atoms with Gasteiger partial charge >= 0.3 is 0 Å². The number of nitrogens with zero attached hydrogens (tertiary/aromatic N) is 2. The Kier molecular flexibility index (Phi) is 5.59. The van der Waals surface area contributed by atoms with Gasteiger partial charge in [-0.2, -0.15) is 0 Å². The van der Waals surface area contributed by atoms with Crippen molar-refractivity contribution in [1.29, 1.82) is 0 Å². The standard InChI is InChI=1S/C24H23N3O/c1-18-9-8-14-21(15-18)24-27-26-23(28-24)17-25-22(20-12-6-3-7-13-20)16-19-10-4-2-5-11-19/h2-15,22,25H,16-17H2,1H3. The first-order valence-corrected chi connectivity index (χ1v) is 9.49.